The normalized spacial score (nSPS) is 12.7. The summed E-state index contributed by atoms with van der Waals surface area (Å²) in [6.45, 7) is 0. The van der Waals surface area contributed by atoms with E-state index in [1.54, 1.807) is 0 Å². The SMILES string of the molecule is [2H]c1c([2H])c([2H])c(-c2c3ccccc3c(-c3ccc4ccc5ccccc5c4c3)c3ccccc23)c([2H])c1[2H].[2H]c1c([2H])c([2H])c(-c2cc(-c3c4ccccc4c(-c4cccc(-c5ccc6ccccc6c5)c4)c4ccccc34)c3ccccc3c2)c([2H])c1[2H].c1ccc(-c2c3ccccc3c(-c3ccc4ccc5ccccc5c4c3)c3ccccc23)cc1. The molecule has 0 atom stereocenters. The Balaban J connectivity index is 0.000000117. The van der Waals surface area contributed by atoms with Gasteiger partial charge in [-0.15, -0.1) is 0 Å². The lowest BCUT2D eigenvalue weighted by atomic mass is 9.83. The average molecular weight is 1450 g/mol. The van der Waals surface area contributed by atoms with Crippen molar-refractivity contribution in [3.05, 3.63) is 449 Å². The van der Waals surface area contributed by atoms with Crippen molar-refractivity contribution >= 4 is 129 Å². The van der Waals surface area contributed by atoms with Gasteiger partial charge in [-0.2, -0.15) is 0 Å². The Morgan fingerprint density at radius 2 is 0.404 bits per heavy atom. The summed E-state index contributed by atoms with van der Waals surface area (Å²) in [5, 5.41) is 27.4. The Morgan fingerprint density at radius 1 is 0.123 bits per heavy atom. The third-order valence-electron chi connectivity index (χ3n) is 22.8. The molecular formula is C114H74. The minimum atomic E-state index is -0.396. The molecule has 23 aromatic carbocycles. The fourth-order valence-electron chi connectivity index (χ4n) is 17.8. The number of benzene rings is 23. The Bertz CT molecular complexity index is 8150. The van der Waals surface area contributed by atoms with E-state index in [4.69, 9.17) is 13.7 Å². The lowest BCUT2D eigenvalue weighted by molar-refractivity contribution is 1.62. The summed E-state index contributed by atoms with van der Waals surface area (Å²) in [6.07, 6.45) is 0. The fraction of sp³-hybridized carbons (Fsp3) is 0. The highest BCUT2D eigenvalue weighted by Crippen LogP contribution is 2.50. The molecule has 23 rings (SSSR count). The van der Waals surface area contributed by atoms with Crippen LogP contribution in [0.1, 0.15) is 13.7 Å². The molecule has 0 bridgehead atoms. The minimum Gasteiger partial charge on any atom is -0.0622 e. The van der Waals surface area contributed by atoms with Crippen LogP contribution in [0.3, 0.4) is 0 Å². The maximum absolute atomic E-state index is 8.79. The molecule has 0 saturated heterocycles. The summed E-state index contributed by atoms with van der Waals surface area (Å²) in [6, 6.07) is 134. The third kappa shape index (κ3) is 12.0. The van der Waals surface area contributed by atoms with Crippen LogP contribution in [0.15, 0.2) is 449 Å². The van der Waals surface area contributed by atoms with Crippen LogP contribution in [0.4, 0.5) is 0 Å². The fourth-order valence-corrected chi connectivity index (χ4v) is 17.8. The first-order chi connectivity index (χ1) is 60.7. The first-order valence-corrected chi connectivity index (χ1v) is 38.7. The number of fused-ring (bicyclic) bond motifs is 14. The Labute approximate surface area is 676 Å². The van der Waals surface area contributed by atoms with E-state index in [9.17, 15) is 0 Å². The molecule has 0 amide bonds. The molecule has 0 heterocycles. The molecule has 0 N–H and O–H groups in total. The largest absolute Gasteiger partial charge is 0.0629 e. The Morgan fingerprint density at radius 3 is 0.860 bits per heavy atom. The van der Waals surface area contributed by atoms with Gasteiger partial charge in [-0.3, -0.25) is 0 Å². The van der Waals surface area contributed by atoms with Gasteiger partial charge in [0.25, 0.3) is 0 Å². The summed E-state index contributed by atoms with van der Waals surface area (Å²) >= 11 is 0. The van der Waals surface area contributed by atoms with Gasteiger partial charge in [-0.1, -0.05) is 412 Å². The molecule has 0 aliphatic rings. The summed E-state index contributed by atoms with van der Waals surface area (Å²) in [7, 11) is 0. The van der Waals surface area contributed by atoms with Crippen LogP contribution in [-0.2, 0) is 0 Å². The van der Waals surface area contributed by atoms with Crippen molar-refractivity contribution in [2.24, 2.45) is 0 Å². The molecule has 23 aromatic rings. The quantitative estimate of drug-likeness (QED) is 0.105. The molecule has 114 heavy (non-hydrogen) atoms. The van der Waals surface area contributed by atoms with Crippen molar-refractivity contribution in [2.75, 3.05) is 0 Å². The van der Waals surface area contributed by atoms with Gasteiger partial charge in [0.15, 0.2) is 0 Å². The number of rotatable bonds is 8. The summed E-state index contributed by atoms with van der Waals surface area (Å²) in [5.74, 6) is 0. The van der Waals surface area contributed by atoms with Gasteiger partial charge in [0.2, 0.25) is 0 Å². The maximum Gasteiger partial charge on any atom is 0.0629 e. The lowest BCUT2D eigenvalue weighted by Crippen LogP contribution is -1.92. The van der Waals surface area contributed by atoms with Crippen LogP contribution in [0, 0.1) is 0 Å². The van der Waals surface area contributed by atoms with E-state index in [-0.39, 0.29) is 65.5 Å². The third-order valence-corrected chi connectivity index (χ3v) is 22.8. The molecule has 0 aliphatic carbocycles. The van der Waals surface area contributed by atoms with Gasteiger partial charge in [-0.25, -0.2) is 0 Å². The smallest absolute Gasteiger partial charge is 0.0622 e. The number of hydrogen-bond acceptors (Lipinski definition) is 0. The summed E-state index contributed by atoms with van der Waals surface area (Å²) < 4.78 is 84.7. The van der Waals surface area contributed by atoms with Gasteiger partial charge in [0, 0.05) is 0 Å². The molecule has 0 spiro atoms. The van der Waals surface area contributed by atoms with Crippen molar-refractivity contribution in [2.45, 2.75) is 0 Å². The predicted octanol–water partition coefficient (Wildman–Crippen LogP) is 32.2. The Kier molecular flexibility index (Phi) is 14.5. The second-order valence-electron chi connectivity index (χ2n) is 29.2. The van der Waals surface area contributed by atoms with E-state index < -0.39 is 6.04 Å². The highest BCUT2D eigenvalue weighted by Gasteiger charge is 2.23. The van der Waals surface area contributed by atoms with Crippen molar-refractivity contribution in [3.63, 3.8) is 0 Å². The standard InChI is InChI=1S/C46H30.2C34H22/c1-2-13-31(14-3-1)38-29-36-17-6-7-20-39(36)44(30-38)46-42-23-10-8-21-40(42)45(41-22-9-11-24-43(41)46)37-19-12-18-34(28-37)35-26-25-32-15-4-5-16-33(32)27-35;2*1-2-11-25(12-3-1)33-28-14-6-8-16-30(28)34(31-17-9-7-15-29(31)33)26-21-20-24-19-18-23-10-4-5-13-27(23)32(24)22-26/h1-30H;2*1-22H/i1D,2D,3D,13D,14D;1D,2D,3D,11D,12D;. The van der Waals surface area contributed by atoms with Crippen LogP contribution in [-0.4, -0.2) is 0 Å². The van der Waals surface area contributed by atoms with E-state index in [2.05, 4.69) is 322 Å². The van der Waals surface area contributed by atoms with E-state index in [1.807, 2.05) is 66.7 Å². The van der Waals surface area contributed by atoms with Gasteiger partial charge in [0.05, 0.1) is 13.7 Å². The van der Waals surface area contributed by atoms with Crippen LogP contribution in [0.5, 0.6) is 0 Å². The number of hydrogen-bond donors (Lipinski definition) is 0. The topological polar surface area (TPSA) is 0 Å². The molecule has 0 unspecified atom stereocenters. The van der Waals surface area contributed by atoms with Crippen LogP contribution in [0.25, 0.3) is 218 Å². The maximum atomic E-state index is 8.79. The van der Waals surface area contributed by atoms with E-state index in [0.29, 0.717) is 11.1 Å². The molecular weight excluding hydrogens is 1370 g/mol. The highest BCUT2D eigenvalue weighted by molar-refractivity contribution is 6.27. The first kappa shape index (κ1) is 57.3. The Hall–Kier alpha value is -14.8. The average Bonchev–Trinajstić information content (AvgIpc) is 0.723. The van der Waals surface area contributed by atoms with Crippen molar-refractivity contribution < 1.29 is 13.7 Å². The van der Waals surface area contributed by atoms with Gasteiger partial charge in [0.1, 0.15) is 0 Å². The highest BCUT2D eigenvalue weighted by atomic mass is 14.3. The molecule has 0 nitrogen and oxygen atoms in total. The predicted molar refractivity (Wildman–Crippen MR) is 493 cm³/mol. The molecule has 530 valence electrons. The summed E-state index contributed by atoms with van der Waals surface area (Å²) in [4.78, 5) is 0. The van der Waals surface area contributed by atoms with Crippen LogP contribution >= 0.6 is 0 Å². The van der Waals surface area contributed by atoms with Crippen molar-refractivity contribution in [1.82, 2.24) is 0 Å². The first-order valence-electron chi connectivity index (χ1n) is 43.7. The molecule has 0 fully saturated rings. The second-order valence-corrected chi connectivity index (χ2v) is 29.2. The van der Waals surface area contributed by atoms with Gasteiger partial charge >= 0.3 is 0 Å². The molecule has 0 saturated carbocycles. The molecule has 0 radical (unpaired) electrons. The van der Waals surface area contributed by atoms with E-state index in [1.165, 1.54) is 97.7 Å². The molecule has 0 aliphatic heterocycles. The lowest BCUT2D eigenvalue weighted by Gasteiger charge is -2.20. The van der Waals surface area contributed by atoms with E-state index >= 15 is 0 Å². The summed E-state index contributed by atoms with van der Waals surface area (Å²) in [5.41, 5.74) is 15.5. The van der Waals surface area contributed by atoms with Crippen molar-refractivity contribution in [3.8, 4) is 89.0 Å². The molecule has 0 heteroatoms. The van der Waals surface area contributed by atoms with Gasteiger partial charge in [-0.05, 0) is 255 Å². The van der Waals surface area contributed by atoms with Crippen LogP contribution in [0.2, 0.25) is 0 Å². The zero-order chi connectivity index (χ0) is 84.1. The monoisotopic (exact) mass is 1450 g/mol. The van der Waals surface area contributed by atoms with Crippen LogP contribution < -0.4 is 0 Å². The zero-order valence-electron chi connectivity index (χ0n) is 72.0. The second kappa shape index (κ2) is 28.9. The van der Waals surface area contributed by atoms with E-state index in [0.717, 1.165) is 98.4 Å². The minimum absolute atomic E-state index is 0.193. The zero-order valence-corrected chi connectivity index (χ0v) is 62.0. The molecule has 0 aromatic heterocycles. The van der Waals surface area contributed by atoms with Crippen molar-refractivity contribution in [1.29, 1.82) is 0 Å². The van der Waals surface area contributed by atoms with Gasteiger partial charge < -0.3 is 0 Å².